The number of nitrogens with zero attached hydrogens (tertiary/aromatic N) is 1. The third-order valence-corrected chi connectivity index (χ3v) is 9.07. The molecular weight excluding hydrogens is 362 g/mol. The van der Waals surface area contributed by atoms with E-state index in [2.05, 4.69) is 44.0 Å². The van der Waals surface area contributed by atoms with Crippen molar-refractivity contribution in [3.8, 4) is 0 Å². The molecule has 1 aromatic heterocycles. The summed E-state index contributed by atoms with van der Waals surface area (Å²) in [5.41, 5.74) is 1.64. The summed E-state index contributed by atoms with van der Waals surface area (Å²) in [4.78, 5) is 2.50. The molecular formula is C25H35NO3. The van der Waals surface area contributed by atoms with E-state index in [0.29, 0.717) is 29.6 Å². The number of aliphatic hydroxyl groups excluding tert-OH is 2. The fourth-order valence-corrected chi connectivity index (χ4v) is 7.73. The summed E-state index contributed by atoms with van der Waals surface area (Å²) in [5.74, 6) is 3.34. The molecule has 5 rings (SSSR count). The van der Waals surface area contributed by atoms with Crippen LogP contribution in [0.4, 0.5) is 0 Å². The second kappa shape index (κ2) is 6.83. The predicted molar refractivity (Wildman–Crippen MR) is 114 cm³/mol. The van der Waals surface area contributed by atoms with Crippen molar-refractivity contribution in [1.82, 2.24) is 4.90 Å². The molecule has 4 aliphatic rings. The van der Waals surface area contributed by atoms with Gasteiger partial charge in [0.25, 0.3) is 0 Å². The van der Waals surface area contributed by atoms with Gasteiger partial charge in [-0.3, -0.25) is 4.90 Å². The molecule has 0 amide bonds. The lowest BCUT2D eigenvalue weighted by atomic mass is 9.47. The maximum atomic E-state index is 10.8. The Labute approximate surface area is 174 Å². The topological polar surface area (TPSA) is 56.8 Å². The molecule has 3 saturated carbocycles. The first-order valence-electron chi connectivity index (χ1n) is 11.3. The van der Waals surface area contributed by atoms with Crippen LogP contribution < -0.4 is 0 Å². The van der Waals surface area contributed by atoms with E-state index < -0.39 is 0 Å². The fraction of sp³-hybridized carbons (Fsp3) is 0.680. The van der Waals surface area contributed by atoms with Gasteiger partial charge in [-0.2, -0.15) is 0 Å². The van der Waals surface area contributed by atoms with Crippen molar-refractivity contribution < 1.29 is 14.6 Å². The average Bonchev–Trinajstić information content (AvgIpc) is 3.26. The lowest BCUT2D eigenvalue weighted by Gasteiger charge is -2.61. The van der Waals surface area contributed by atoms with Crippen LogP contribution >= 0.6 is 0 Å². The average molecular weight is 398 g/mol. The molecule has 0 aromatic carbocycles. The smallest absolute Gasteiger partial charge is 0.130 e. The maximum Gasteiger partial charge on any atom is 0.130 e. The summed E-state index contributed by atoms with van der Waals surface area (Å²) in [7, 11) is 2.24. The van der Waals surface area contributed by atoms with E-state index in [1.807, 2.05) is 12.1 Å². The van der Waals surface area contributed by atoms with Gasteiger partial charge in [-0.15, -0.1) is 0 Å². The molecule has 0 bridgehead atoms. The normalized spacial score (nSPS) is 45.8. The van der Waals surface area contributed by atoms with Crippen LogP contribution in [0, 0.1) is 28.6 Å². The van der Waals surface area contributed by atoms with Gasteiger partial charge in [0.2, 0.25) is 0 Å². The quantitative estimate of drug-likeness (QED) is 0.733. The van der Waals surface area contributed by atoms with Crippen molar-refractivity contribution in [2.45, 2.75) is 64.7 Å². The zero-order chi connectivity index (χ0) is 20.4. The lowest BCUT2D eigenvalue weighted by Crippen LogP contribution is -2.59. The van der Waals surface area contributed by atoms with Crippen molar-refractivity contribution in [2.75, 3.05) is 13.6 Å². The molecule has 0 radical (unpaired) electrons. The molecule has 4 heteroatoms. The largest absolute Gasteiger partial charge is 0.459 e. The first-order valence-corrected chi connectivity index (χ1v) is 11.3. The van der Waals surface area contributed by atoms with Crippen molar-refractivity contribution in [3.05, 3.63) is 41.4 Å². The molecule has 0 spiro atoms. The first kappa shape index (κ1) is 19.6. The maximum absolute atomic E-state index is 10.8. The molecule has 0 saturated heterocycles. The van der Waals surface area contributed by atoms with Crippen molar-refractivity contribution in [3.63, 3.8) is 0 Å². The van der Waals surface area contributed by atoms with Gasteiger partial charge < -0.3 is 14.6 Å². The second-order valence-corrected chi connectivity index (χ2v) is 10.5. The highest BCUT2D eigenvalue weighted by Crippen LogP contribution is 2.64. The molecule has 158 valence electrons. The Morgan fingerprint density at radius 2 is 2.03 bits per heavy atom. The minimum absolute atomic E-state index is 0.0595. The van der Waals surface area contributed by atoms with E-state index in [0.717, 1.165) is 38.0 Å². The Balaban J connectivity index is 1.58. The summed E-state index contributed by atoms with van der Waals surface area (Å²) < 4.78 is 5.84. The molecule has 2 heterocycles. The molecule has 1 aromatic rings. The van der Waals surface area contributed by atoms with Gasteiger partial charge in [0.1, 0.15) is 18.1 Å². The molecule has 29 heavy (non-hydrogen) atoms. The van der Waals surface area contributed by atoms with Gasteiger partial charge in [0, 0.05) is 18.0 Å². The van der Waals surface area contributed by atoms with E-state index in [4.69, 9.17) is 4.42 Å². The monoisotopic (exact) mass is 397 g/mol. The first-order chi connectivity index (χ1) is 13.9. The highest BCUT2D eigenvalue weighted by Gasteiger charge is 2.60. The number of likely N-dealkylation sites (N-methyl/N-ethyl adjacent to an activating group) is 1. The second-order valence-electron chi connectivity index (χ2n) is 10.5. The number of hydrogen-bond donors (Lipinski definition) is 2. The van der Waals surface area contributed by atoms with Gasteiger partial charge >= 0.3 is 0 Å². The van der Waals surface area contributed by atoms with Crippen LogP contribution in [0.5, 0.6) is 0 Å². The van der Waals surface area contributed by atoms with Gasteiger partial charge in [-0.25, -0.2) is 0 Å². The standard InChI is InChI=1S/C25H35NO3/c1-24-11-9-21-19(20(24)7-8-22(24)28)14-16(13-17-5-6-18(15-27)29-17)23-25(21,2)10-4-12-26(23)3/h4-6,10,13,19-23,27-28H,7-9,11-12,14-15H2,1-3H3/t19-,20-,21-,22-,23+,24-,25+/m0/s1. The summed E-state index contributed by atoms with van der Waals surface area (Å²) in [6.07, 6.45) is 12.5. The molecule has 3 aliphatic carbocycles. The summed E-state index contributed by atoms with van der Waals surface area (Å²) in [5, 5.41) is 20.2. The van der Waals surface area contributed by atoms with Gasteiger partial charge in [0.15, 0.2) is 0 Å². The number of hydrogen-bond acceptors (Lipinski definition) is 4. The molecule has 3 fully saturated rings. The zero-order valence-electron chi connectivity index (χ0n) is 18.0. The highest BCUT2D eigenvalue weighted by atomic mass is 16.4. The minimum atomic E-state index is -0.145. The van der Waals surface area contributed by atoms with E-state index in [9.17, 15) is 10.2 Å². The van der Waals surface area contributed by atoms with Gasteiger partial charge in [-0.05, 0) is 86.1 Å². The Morgan fingerprint density at radius 3 is 2.79 bits per heavy atom. The van der Waals surface area contributed by atoms with Crippen LogP contribution in [0.2, 0.25) is 0 Å². The van der Waals surface area contributed by atoms with Gasteiger partial charge in [0.05, 0.1) is 6.10 Å². The number of aliphatic hydroxyl groups is 2. The van der Waals surface area contributed by atoms with Crippen molar-refractivity contribution in [2.24, 2.45) is 28.6 Å². The number of furan rings is 1. The Hall–Kier alpha value is -1.36. The Morgan fingerprint density at radius 1 is 1.21 bits per heavy atom. The molecule has 1 aliphatic heterocycles. The van der Waals surface area contributed by atoms with E-state index in [1.165, 1.54) is 12.0 Å². The van der Waals surface area contributed by atoms with E-state index in [-0.39, 0.29) is 23.5 Å². The zero-order valence-corrected chi connectivity index (χ0v) is 18.0. The summed E-state index contributed by atoms with van der Waals surface area (Å²) >= 11 is 0. The molecule has 0 unspecified atom stereocenters. The number of rotatable bonds is 2. The van der Waals surface area contributed by atoms with E-state index in [1.54, 1.807) is 0 Å². The predicted octanol–water partition coefficient (Wildman–Crippen LogP) is 4.24. The highest BCUT2D eigenvalue weighted by molar-refractivity contribution is 5.52. The third-order valence-electron chi connectivity index (χ3n) is 9.07. The Bertz CT molecular complexity index is 841. The summed E-state index contributed by atoms with van der Waals surface area (Å²) in [6, 6.07) is 4.23. The Kier molecular flexibility index (Phi) is 4.61. The minimum Gasteiger partial charge on any atom is -0.459 e. The molecule has 7 atom stereocenters. The third kappa shape index (κ3) is 2.83. The van der Waals surface area contributed by atoms with Crippen molar-refractivity contribution >= 4 is 6.08 Å². The lowest BCUT2D eigenvalue weighted by molar-refractivity contribution is -0.0834. The van der Waals surface area contributed by atoms with Crippen LogP contribution in [0.3, 0.4) is 0 Å². The van der Waals surface area contributed by atoms with Crippen LogP contribution in [0.1, 0.15) is 57.5 Å². The fourth-order valence-electron chi connectivity index (χ4n) is 7.73. The van der Waals surface area contributed by atoms with Crippen LogP contribution in [-0.2, 0) is 6.61 Å². The molecule has 4 nitrogen and oxygen atoms in total. The van der Waals surface area contributed by atoms with Crippen LogP contribution in [0.15, 0.2) is 34.3 Å². The van der Waals surface area contributed by atoms with Gasteiger partial charge in [-0.1, -0.05) is 26.0 Å². The SMILES string of the molecule is CN1CC=C[C@]2(C)[C@H]3CC[C@]4(C)[C@@H](O)CC[C@H]4[C@@H]3CC(=Cc3ccc(CO)o3)[C@@H]12. The van der Waals surface area contributed by atoms with Crippen molar-refractivity contribution in [1.29, 1.82) is 0 Å². The van der Waals surface area contributed by atoms with Crippen LogP contribution in [0.25, 0.3) is 6.08 Å². The summed E-state index contributed by atoms with van der Waals surface area (Å²) in [6.45, 7) is 5.72. The molecule has 2 N–H and O–H groups in total. The number of fused-ring (bicyclic) bond motifs is 5. The van der Waals surface area contributed by atoms with E-state index >= 15 is 0 Å². The van der Waals surface area contributed by atoms with Crippen LogP contribution in [-0.4, -0.2) is 40.9 Å².